The van der Waals surface area contributed by atoms with Gasteiger partial charge in [0.2, 0.25) is 0 Å². The number of hydrogen-bond acceptors (Lipinski definition) is 6. The van der Waals surface area contributed by atoms with E-state index >= 15 is 0 Å². The van der Waals surface area contributed by atoms with Crippen molar-refractivity contribution in [3.05, 3.63) is 89.5 Å². The van der Waals surface area contributed by atoms with Gasteiger partial charge in [-0.2, -0.15) is 0 Å². The lowest BCUT2D eigenvalue weighted by Crippen LogP contribution is -2.29. The van der Waals surface area contributed by atoms with Crippen LogP contribution in [0.4, 0.5) is 5.69 Å². The Balaban J connectivity index is 1.98. The largest absolute Gasteiger partial charge is 0.507 e. The fraction of sp³-hybridized carbons (Fsp3) is 0.0909. The van der Waals surface area contributed by atoms with Crippen LogP contribution in [0.25, 0.3) is 5.76 Å². The molecule has 1 amide bonds. The normalized spacial score (nSPS) is 18.2. The van der Waals surface area contributed by atoms with Crippen molar-refractivity contribution in [3.8, 4) is 5.75 Å². The summed E-state index contributed by atoms with van der Waals surface area (Å²) in [5.41, 5.74) is 1.89. The summed E-state index contributed by atoms with van der Waals surface area (Å²) in [4.78, 5) is 35.1. The van der Waals surface area contributed by atoms with Gasteiger partial charge in [-0.3, -0.25) is 24.5 Å². The van der Waals surface area contributed by atoms with Crippen molar-refractivity contribution in [2.45, 2.75) is 13.0 Å². The topological polar surface area (TPSA) is 104 Å². The summed E-state index contributed by atoms with van der Waals surface area (Å²) < 4.78 is 0. The van der Waals surface area contributed by atoms with Crippen LogP contribution in [0.5, 0.6) is 5.75 Å². The van der Waals surface area contributed by atoms with E-state index in [4.69, 9.17) is 0 Å². The number of ketones is 1. The van der Waals surface area contributed by atoms with E-state index in [1.807, 2.05) is 6.92 Å². The summed E-state index contributed by atoms with van der Waals surface area (Å²) in [5, 5.41) is 21.3. The molecular formula is C22H17N3O4. The third-order valence-corrected chi connectivity index (χ3v) is 4.81. The molecule has 2 aromatic heterocycles. The van der Waals surface area contributed by atoms with Gasteiger partial charge < -0.3 is 10.2 Å². The third kappa shape index (κ3) is 3.12. The number of amides is 1. The third-order valence-electron chi connectivity index (χ3n) is 4.81. The number of Topliss-reactive ketones (excluding diaryl/α,β-unsaturated/α-hetero) is 1. The molecule has 1 atom stereocenters. The number of phenolic OH excluding ortho intramolecular Hbond substituents is 1. The number of aromatic hydroxyl groups is 1. The summed E-state index contributed by atoms with van der Waals surface area (Å²) in [6.45, 7) is 1.82. The molecule has 3 heterocycles. The van der Waals surface area contributed by atoms with Crippen molar-refractivity contribution in [1.82, 2.24) is 9.97 Å². The van der Waals surface area contributed by atoms with Crippen LogP contribution in [-0.2, 0) is 9.59 Å². The van der Waals surface area contributed by atoms with Crippen molar-refractivity contribution < 1.29 is 19.8 Å². The standard InChI is InChI=1S/C22H17N3O4/c1-13-2-3-17(26)16(12-13)25-19(14-4-8-23-9-5-14)18(21(28)22(25)29)20(27)15-6-10-24-11-7-15/h2-12,19,26-27H,1H3/b20-18+. The predicted molar refractivity (Wildman–Crippen MR) is 106 cm³/mol. The second-order valence-electron chi connectivity index (χ2n) is 6.68. The molecular weight excluding hydrogens is 370 g/mol. The molecule has 0 saturated carbocycles. The quantitative estimate of drug-likeness (QED) is 0.407. The lowest BCUT2D eigenvalue weighted by atomic mass is 9.96. The number of benzene rings is 1. The average molecular weight is 387 g/mol. The lowest BCUT2D eigenvalue weighted by molar-refractivity contribution is -0.132. The first-order valence-electron chi connectivity index (χ1n) is 8.90. The van der Waals surface area contributed by atoms with Crippen LogP contribution in [-0.4, -0.2) is 31.9 Å². The molecule has 0 aliphatic carbocycles. The maximum atomic E-state index is 13.0. The number of rotatable bonds is 3. The summed E-state index contributed by atoms with van der Waals surface area (Å²) in [7, 11) is 0. The van der Waals surface area contributed by atoms with Gasteiger partial charge in [0, 0.05) is 30.4 Å². The zero-order valence-electron chi connectivity index (χ0n) is 15.5. The maximum absolute atomic E-state index is 13.0. The van der Waals surface area contributed by atoms with E-state index in [9.17, 15) is 19.8 Å². The fourth-order valence-corrected chi connectivity index (χ4v) is 3.43. The Labute approximate surface area is 166 Å². The number of aliphatic hydroxyl groups excluding tert-OH is 1. The molecule has 0 bridgehead atoms. The number of aryl methyl sites for hydroxylation is 1. The van der Waals surface area contributed by atoms with Crippen LogP contribution < -0.4 is 4.90 Å². The van der Waals surface area contributed by atoms with E-state index in [2.05, 4.69) is 9.97 Å². The summed E-state index contributed by atoms with van der Waals surface area (Å²) >= 11 is 0. The van der Waals surface area contributed by atoms with Gasteiger partial charge in [-0.1, -0.05) is 6.07 Å². The Morgan fingerprint density at radius 2 is 1.59 bits per heavy atom. The second kappa shape index (κ2) is 7.20. The Morgan fingerprint density at radius 1 is 0.966 bits per heavy atom. The van der Waals surface area contributed by atoms with Gasteiger partial charge in [-0.25, -0.2) is 0 Å². The molecule has 1 aliphatic heterocycles. The van der Waals surface area contributed by atoms with Gasteiger partial charge in [-0.15, -0.1) is 0 Å². The highest BCUT2D eigenvalue weighted by Crippen LogP contribution is 2.44. The predicted octanol–water partition coefficient (Wildman–Crippen LogP) is 3.12. The molecule has 0 radical (unpaired) electrons. The van der Waals surface area contributed by atoms with E-state index in [-0.39, 0.29) is 22.8 Å². The van der Waals surface area contributed by atoms with Gasteiger partial charge >= 0.3 is 0 Å². The number of hydrogen-bond donors (Lipinski definition) is 2. The number of pyridine rings is 2. The Bertz CT molecular complexity index is 1130. The van der Waals surface area contributed by atoms with E-state index in [0.717, 1.165) is 5.56 Å². The molecule has 1 fully saturated rings. The summed E-state index contributed by atoms with van der Waals surface area (Å²) in [6.07, 6.45) is 6.05. The molecule has 1 aromatic carbocycles. The molecule has 3 aromatic rings. The number of aliphatic hydroxyl groups is 1. The Morgan fingerprint density at radius 3 is 2.24 bits per heavy atom. The minimum atomic E-state index is -0.918. The first kappa shape index (κ1) is 18.4. The number of aromatic nitrogens is 2. The molecule has 29 heavy (non-hydrogen) atoms. The highest BCUT2D eigenvalue weighted by atomic mass is 16.3. The minimum absolute atomic E-state index is 0.0618. The molecule has 7 nitrogen and oxygen atoms in total. The minimum Gasteiger partial charge on any atom is -0.507 e. The van der Waals surface area contributed by atoms with Crippen LogP contribution in [0.1, 0.15) is 22.7 Å². The molecule has 2 N–H and O–H groups in total. The fourth-order valence-electron chi connectivity index (χ4n) is 3.43. The van der Waals surface area contributed by atoms with Crippen molar-refractivity contribution in [1.29, 1.82) is 0 Å². The van der Waals surface area contributed by atoms with Crippen LogP contribution in [0, 0.1) is 6.92 Å². The molecule has 1 aliphatic rings. The zero-order chi connectivity index (χ0) is 20.5. The average Bonchev–Trinajstić information content (AvgIpc) is 3.01. The number of nitrogens with zero attached hydrogens (tertiary/aromatic N) is 3. The van der Waals surface area contributed by atoms with Crippen LogP contribution >= 0.6 is 0 Å². The number of carbonyl (C=O) groups excluding carboxylic acids is 2. The highest BCUT2D eigenvalue weighted by Gasteiger charge is 2.47. The maximum Gasteiger partial charge on any atom is 0.300 e. The summed E-state index contributed by atoms with van der Waals surface area (Å²) in [6, 6.07) is 10.3. The molecule has 1 saturated heterocycles. The van der Waals surface area contributed by atoms with E-state index in [1.165, 1.54) is 35.8 Å². The van der Waals surface area contributed by atoms with E-state index in [0.29, 0.717) is 11.1 Å². The number of phenols is 1. The molecule has 144 valence electrons. The monoisotopic (exact) mass is 387 g/mol. The van der Waals surface area contributed by atoms with Crippen molar-refractivity contribution >= 4 is 23.1 Å². The van der Waals surface area contributed by atoms with Crippen molar-refractivity contribution in [2.24, 2.45) is 0 Å². The van der Waals surface area contributed by atoms with E-state index in [1.54, 1.807) is 36.4 Å². The van der Waals surface area contributed by atoms with Gasteiger partial charge in [-0.05, 0) is 54.4 Å². The van der Waals surface area contributed by atoms with Crippen LogP contribution in [0.15, 0.2) is 72.8 Å². The van der Waals surface area contributed by atoms with Gasteiger partial charge in [0.25, 0.3) is 11.7 Å². The van der Waals surface area contributed by atoms with Crippen molar-refractivity contribution in [2.75, 3.05) is 4.90 Å². The van der Waals surface area contributed by atoms with Crippen LogP contribution in [0.2, 0.25) is 0 Å². The van der Waals surface area contributed by atoms with Gasteiger partial charge in [0.15, 0.2) is 0 Å². The Hall–Kier alpha value is -4.00. The molecule has 0 spiro atoms. The first-order chi connectivity index (χ1) is 14.0. The zero-order valence-corrected chi connectivity index (χ0v) is 15.5. The smallest absolute Gasteiger partial charge is 0.300 e. The van der Waals surface area contributed by atoms with Gasteiger partial charge in [0.05, 0.1) is 17.3 Å². The Kier molecular flexibility index (Phi) is 4.56. The molecule has 4 rings (SSSR count). The lowest BCUT2D eigenvalue weighted by Gasteiger charge is -2.26. The molecule has 7 heteroatoms. The van der Waals surface area contributed by atoms with E-state index < -0.39 is 17.7 Å². The first-order valence-corrected chi connectivity index (χ1v) is 8.90. The summed E-state index contributed by atoms with van der Waals surface area (Å²) in [5.74, 6) is -2.10. The number of anilines is 1. The van der Waals surface area contributed by atoms with Crippen molar-refractivity contribution in [3.63, 3.8) is 0 Å². The second-order valence-corrected chi connectivity index (χ2v) is 6.68. The van der Waals surface area contributed by atoms with Crippen LogP contribution in [0.3, 0.4) is 0 Å². The highest BCUT2D eigenvalue weighted by molar-refractivity contribution is 6.51. The molecule has 1 unspecified atom stereocenters. The number of carbonyl (C=O) groups is 2. The van der Waals surface area contributed by atoms with Gasteiger partial charge in [0.1, 0.15) is 11.5 Å². The SMILES string of the molecule is Cc1ccc(O)c(N2C(=O)C(=O)/C(=C(/O)c3ccncc3)C2c2ccncc2)c1.